The van der Waals surface area contributed by atoms with Gasteiger partial charge in [0.1, 0.15) is 12.4 Å². The lowest BCUT2D eigenvalue weighted by molar-refractivity contribution is -0.344. The predicted octanol–water partition coefficient (Wildman–Crippen LogP) is -0.228. The maximum absolute atomic E-state index is 3.68. The zero-order chi connectivity index (χ0) is 6.10. The second-order valence-corrected chi connectivity index (χ2v) is 1.75. The zero-order valence-electron chi connectivity index (χ0n) is 4.63. The Morgan fingerprint density at radius 1 is 1.33 bits per heavy atom. The van der Waals surface area contributed by atoms with Crippen LogP contribution in [0.2, 0.25) is 0 Å². The van der Waals surface area contributed by atoms with E-state index in [1.807, 2.05) is 0 Å². The van der Waals surface area contributed by atoms with Crippen LogP contribution in [-0.4, -0.2) is 15.2 Å². The molecule has 4 nitrogen and oxygen atoms in total. The summed E-state index contributed by atoms with van der Waals surface area (Å²) < 4.78 is 0. The smallest absolute Gasteiger partial charge is 0.240 e. The Balaban J connectivity index is 2.95. The molecule has 2 rings (SSSR count). The third kappa shape index (κ3) is 0.561. The largest absolute Gasteiger partial charge is 0.242 e. The molecule has 0 aliphatic heterocycles. The van der Waals surface area contributed by atoms with Crippen molar-refractivity contribution in [1.82, 2.24) is 15.2 Å². The molecule has 0 unspecified atom stereocenters. The van der Waals surface area contributed by atoms with E-state index in [4.69, 9.17) is 0 Å². The maximum Gasteiger partial charge on any atom is 0.240 e. The summed E-state index contributed by atoms with van der Waals surface area (Å²) in [6.07, 6.45) is 5.09. The number of aromatic amines is 2. The van der Waals surface area contributed by atoms with Crippen LogP contribution in [-0.2, 0) is 0 Å². The first-order valence-electron chi connectivity index (χ1n) is 2.62. The van der Waals surface area contributed by atoms with Gasteiger partial charge in [0.05, 0.1) is 0 Å². The molecule has 2 aromatic rings. The van der Waals surface area contributed by atoms with Crippen molar-refractivity contribution in [2.45, 2.75) is 0 Å². The Morgan fingerprint density at radius 2 is 2.22 bits per heavy atom. The summed E-state index contributed by atoms with van der Waals surface area (Å²) in [5, 5.41) is 7.37. The van der Waals surface area contributed by atoms with Gasteiger partial charge in [0.15, 0.2) is 11.0 Å². The highest BCUT2D eigenvalue weighted by atomic mass is 15.1. The fraction of sp³-hybridized carbons (Fsp3) is 0. The molecule has 0 bridgehead atoms. The van der Waals surface area contributed by atoms with Crippen LogP contribution in [0.3, 0.4) is 0 Å². The van der Waals surface area contributed by atoms with Crippen LogP contribution in [0.15, 0.2) is 18.7 Å². The molecule has 0 fully saturated rings. The first-order valence-corrected chi connectivity index (χ1v) is 2.62. The summed E-state index contributed by atoms with van der Waals surface area (Å²) in [6.45, 7) is 0. The Morgan fingerprint density at radius 3 is 3.11 bits per heavy atom. The van der Waals surface area contributed by atoms with Crippen LogP contribution < -0.4 is 4.98 Å². The van der Waals surface area contributed by atoms with Crippen molar-refractivity contribution in [2.75, 3.05) is 0 Å². The van der Waals surface area contributed by atoms with E-state index in [9.17, 15) is 0 Å². The van der Waals surface area contributed by atoms with E-state index in [1.54, 1.807) is 18.7 Å². The zero-order valence-corrected chi connectivity index (χ0v) is 4.63. The van der Waals surface area contributed by atoms with E-state index in [-0.39, 0.29) is 0 Å². The minimum absolute atomic E-state index is 0.977. The van der Waals surface area contributed by atoms with Crippen LogP contribution in [0.5, 0.6) is 0 Å². The van der Waals surface area contributed by atoms with Gasteiger partial charge in [0, 0.05) is 0 Å². The lowest BCUT2D eigenvalue weighted by Crippen LogP contribution is -1.94. The number of hydrogen-bond acceptors (Lipinski definition) is 2. The van der Waals surface area contributed by atoms with Gasteiger partial charge in [-0.15, -0.1) is 0 Å². The molecule has 0 saturated heterocycles. The van der Waals surface area contributed by atoms with Gasteiger partial charge in [-0.2, -0.15) is 10.2 Å². The molecule has 0 radical (unpaired) electrons. The summed E-state index contributed by atoms with van der Waals surface area (Å²) >= 11 is 0. The van der Waals surface area contributed by atoms with E-state index in [1.165, 1.54) is 0 Å². The second kappa shape index (κ2) is 1.51. The number of imidazole rings is 1. The van der Waals surface area contributed by atoms with Gasteiger partial charge in [-0.1, -0.05) is 0 Å². The minimum atomic E-state index is 0.977. The molecule has 9 heavy (non-hydrogen) atoms. The van der Waals surface area contributed by atoms with E-state index in [2.05, 4.69) is 20.2 Å². The average Bonchev–Trinajstić information content (AvgIpc) is 2.33. The molecular formula is C5H5N4+. The van der Waals surface area contributed by atoms with Gasteiger partial charge < -0.3 is 0 Å². The van der Waals surface area contributed by atoms with E-state index in [0.717, 1.165) is 11.0 Å². The molecule has 0 aliphatic rings. The van der Waals surface area contributed by atoms with Crippen LogP contribution in [0.4, 0.5) is 0 Å². The normalized spacial score (nSPS) is 10.2. The second-order valence-electron chi connectivity index (χ2n) is 1.75. The Kier molecular flexibility index (Phi) is 0.745. The van der Waals surface area contributed by atoms with Crippen LogP contribution >= 0.6 is 0 Å². The number of nitrogens with zero attached hydrogens (tertiary/aromatic N) is 2. The molecule has 0 saturated carbocycles. The van der Waals surface area contributed by atoms with Crippen LogP contribution in [0, 0.1) is 0 Å². The summed E-state index contributed by atoms with van der Waals surface area (Å²) in [5.41, 5.74) is 1.95. The standard InChI is InChI=1S/C5H4N4/c1-4-5(2-9-8-1)7-3-6-4/h1-3H,(H,6,7)/p+1. The Labute approximate surface area is 50.9 Å². The molecule has 2 heterocycles. The average molecular weight is 121 g/mol. The minimum Gasteiger partial charge on any atom is -0.242 e. The van der Waals surface area contributed by atoms with Gasteiger partial charge in [0.2, 0.25) is 6.33 Å². The molecule has 0 spiro atoms. The number of H-pyrrole nitrogens is 2. The monoisotopic (exact) mass is 121 g/mol. The maximum atomic E-state index is 3.68. The van der Waals surface area contributed by atoms with Crippen LogP contribution in [0.1, 0.15) is 0 Å². The predicted molar refractivity (Wildman–Crippen MR) is 30.4 cm³/mol. The fourth-order valence-electron chi connectivity index (χ4n) is 0.743. The van der Waals surface area contributed by atoms with Gasteiger partial charge in [-0.05, 0) is 0 Å². The molecule has 2 N–H and O–H groups in total. The van der Waals surface area contributed by atoms with Crippen molar-refractivity contribution in [3.63, 3.8) is 0 Å². The van der Waals surface area contributed by atoms with Gasteiger partial charge in [-0.25, -0.2) is 9.97 Å². The number of hydrogen-bond donors (Lipinski definition) is 1. The fourth-order valence-corrected chi connectivity index (χ4v) is 0.743. The Hall–Kier alpha value is -1.45. The topological polar surface area (TPSA) is 55.7 Å². The Bertz CT molecular complexity index is 283. The molecule has 0 atom stereocenters. The van der Waals surface area contributed by atoms with Gasteiger partial charge >= 0.3 is 0 Å². The van der Waals surface area contributed by atoms with Crippen molar-refractivity contribution in [3.8, 4) is 0 Å². The van der Waals surface area contributed by atoms with Crippen molar-refractivity contribution in [3.05, 3.63) is 18.7 Å². The molecule has 44 valence electrons. The number of rotatable bonds is 0. The molecule has 4 heteroatoms. The molecule has 0 aromatic carbocycles. The van der Waals surface area contributed by atoms with Crippen molar-refractivity contribution >= 4 is 11.0 Å². The van der Waals surface area contributed by atoms with Crippen molar-refractivity contribution in [1.29, 1.82) is 0 Å². The third-order valence-corrected chi connectivity index (χ3v) is 1.19. The van der Waals surface area contributed by atoms with E-state index < -0.39 is 0 Å². The van der Waals surface area contributed by atoms with Crippen molar-refractivity contribution in [2.24, 2.45) is 0 Å². The first-order chi connectivity index (χ1) is 4.47. The first kappa shape index (κ1) is 4.43. The number of nitrogens with one attached hydrogen (secondary N) is 2. The van der Waals surface area contributed by atoms with Gasteiger partial charge in [0.25, 0.3) is 0 Å². The lowest BCUT2D eigenvalue weighted by Gasteiger charge is -1.74. The van der Waals surface area contributed by atoms with Crippen molar-refractivity contribution < 1.29 is 4.98 Å². The SMILES string of the molecule is c1[nH]c2cnncc2[nH+]1. The van der Waals surface area contributed by atoms with E-state index in [0.29, 0.717) is 0 Å². The van der Waals surface area contributed by atoms with Crippen LogP contribution in [0.25, 0.3) is 11.0 Å². The van der Waals surface area contributed by atoms with E-state index >= 15 is 0 Å². The molecule has 0 aliphatic carbocycles. The third-order valence-electron chi connectivity index (χ3n) is 1.19. The quantitative estimate of drug-likeness (QED) is 0.523. The molecular weight excluding hydrogens is 116 g/mol. The summed E-state index contributed by atoms with van der Waals surface area (Å²) in [4.78, 5) is 5.92. The molecule has 2 aromatic heterocycles. The highest BCUT2D eigenvalue weighted by Crippen LogP contribution is 1.97. The molecule has 0 amide bonds. The summed E-state index contributed by atoms with van der Waals surface area (Å²) in [5.74, 6) is 0. The summed E-state index contributed by atoms with van der Waals surface area (Å²) in [6, 6.07) is 0. The lowest BCUT2D eigenvalue weighted by atomic mass is 10.5. The number of fused-ring (bicyclic) bond motifs is 1. The highest BCUT2D eigenvalue weighted by Gasteiger charge is 1.97. The summed E-state index contributed by atoms with van der Waals surface area (Å²) in [7, 11) is 0. The van der Waals surface area contributed by atoms with Gasteiger partial charge in [-0.3, -0.25) is 0 Å². The number of aromatic nitrogens is 4. The highest BCUT2D eigenvalue weighted by molar-refractivity contribution is 5.67.